The van der Waals surface area contributed by atoms with Gasteiger partial charge in [-0.3, -0.25) is 14.4 Å². The predicted molar refractivity (Wildman–Crippen MR) is 95.2 cm³/mol. The number of anilines is 2. The molecule has 2 aromatic carbocycles. The van der Waals surface area contributed by atoms with Crippen LogP contribution in [0, 0.1) is 0 Å². The largest absolute Gasteiger partial charge is 0.496 e. The quantitative estimate of drug-likeness (QED) is 0.760. The lowest BCUT2D eigenvalue weighted by molar-refractivity contribution is -0.114. The molecule has 0 heterocycles. The molecule has 0 aliphatic heterocycles. The molecule has 0 saturated heterocycles. The molecule has 0 unspecified atom stereocenters. The molecule has 2 aromatic rings. The molecule has 25 heavy (non-hydrogen) atoms. The van der Waals surface area contributed by atoms with E-state index < -0.39 is 11.8 Å². The van der Waals surface area contributed by atoms with Crippen LogP contribution in [0.3, 0.4) is 0 Å². The standard InChI is InChI=1S/C17H16ClN3O4/c1-9(22)20-14-8-15(25-2)12(7-13(14)18)17(24)21-11-5-3-10(4-6-11)16(19)23/h3-8H,1-2H3,(H2,19,23)(H,20,22)(H,21,24). The maximum Gasteiger partial charge on any atom is 0.259 e. The van der Waals surface area contributed by atoms with Gasteiger partial charge in [-0.05, 0) is 30.3 Å². The third kappa shape index (κ3) is 4.48. The van der Waals surface area contributed by atoms with Crippen molar-refractivity contribution in [2.75, 3.05) is 17.7 Å². The molecule has 0 spiro atoms. The second-order valence-electron chi connectivity index (χ2n) is 5.11. The zero-order valence-electron chi connectivity index (χ0n) is 13.6. The Labute approximate surface area is 149 Å². The number of nitrogens with two attached hydrogens (primary N) is 1. The maximum atomic E-state index is 12.5. The monoisotopic (exact) mass is 361 g/mol. The van der Waals surface area contributed by atoms with Crippen LogP contribution in [0.2, 0.25) is 5.02 Å². The van der Waals surface area contributed by atoms with E-state index >= 15 is 0 Å². The van der Waals surface area contributed by atoms with E-state index in [0.717, 1.165) is 0 Å². The number of carbonyl (C=O) groups excluding carboxylic acids is 3. The van der Waals surface area contributed by atoms with Crippen LogP contribution < -0.4 is 21.1 Å². The molecule has 2 rings (SSSR count). The molecule has 3 amide bonds. The fraction of sp³-hybridized carbons (Fsp3) is 0.118. The summed E-state index contributed by atoms with van der Waals surface area (Å²) < 4.78 is 5.20. The number of benzene rings is 2. The summed E-state index contributed by atoms with van der Waals surface area (Å²) in [6.07, 6.45) is 0. The van der Waals surface area contributed by atoms with E-state index in [1.807, 2.05) is 0 Å². The first-order chi connectivity index (χ1) is 11.8. The highest BCUT2D eigenvalue weighted by Gasteiger charge is 2.17. The Bertz CT molecular complexity index is 835. The van der Waals surface area contributed by atoms with Gasteiger partial charge in [-0.15, -0.1) is 0 Å². The second kappa shape index (κ2) is 7.67. The number of amides is 3. The number of primary amides is 1. The van der Waals surface area contributed by atoms with Crippen LogP contribution in [0.25, 0.3) is 0 Å². The van der Waals surface area contributed by atoms with E-state index in [0.29, 0.717) is 16.9 Å². The van der Waals surface area contributed by atoms with Gasteiger partial charge in [0.05, 0.1) is 23.4 Å². The minimum Gasteiger partial charge on any atom is -0.496 e. The van der Waals surface area contributed by atoms with Gasteiger partial charge in [0.15, 0.2) is 0 Å². The molecule has 0 saturated carbocycles. The third-order valence-corrected chi connectivity index (χ3v) is 3.58. The number of rotatable bonds is 5. The van der Waals surface area contributed by atoms with E-state index in [1.165, 1.54) is 38.3 Å². The van der Waals surface area contributed by atoms with E-state index in [4.69, 9.17) is 22.1 Å². The fourth-order valence-corrected chi connectivity index (χ4v) is 2.31. The van der Waals surface area contributed by atoms with Gasteiger partial charge in [-0.2, -0.15) is 0 Å². The van der Waals surface area contributed by atoms with Gasteiger partial charge < -0.3 is 21.1 Å². The average Bonchev–Trinajstić information content (AvgIpc) is 2.56. The lowest BCUT2D eigenvalue weighted by Crippen LogP contribution is -2.15. The molecule has 7 nitrogen and oxygen atoms in total. The Morgan fingerprint density at radius 1 is 1.08 bits per heavy atom. The first kappa shape index (κ1) is 18.3. The molecular weight excluding hydrogens is 346 g/mol. The van der Waals surface area contributed by atoms with Gasteiger partial charge in [-0.1, -0.05) is 11.6 Å². The van der Waals surface area contributed by atoms with Gasteiger partial charge in [0.25, 0.3) is 5.91 Å². The third-order valence-electron chi connectivity index (χ3n) is 3.27. The van der Waals surface area contributed by atoms with Gasteiger partial charge in [0.2, 0.25) is 11.8 Å². The number of hydrogen-bond acceptors (Lipinski definition) is 4. The molecule has 0 fully saturated rings. The van der Waals surface area contributed by atoms with Crippen LogP contribution in [0.15, 0.2) is 36.4 Å². The van der Waals surface area contributed by atoms with Gasteiger partial charge >= 0.3 is 0 Å². The van der Waals surface area contributed by atoms with Crippen molar-refractivity contribution in [2.45, 2.75) is 6.92 Å². The zero-order valence-corrected chi connectivity index (χ0v) is 14.3. The van der Waals surface area contributed by atoms with E-state index in [9.17, 15) is 14.4 Å². The Morgan fingerprint density at radius 3 is 2.24 bits per heavy atom. The number of methoxy groups -OCH3 is 1. The van der Waals surface area contributed by atoms with Crippen molar-refractivity contribution in [3.05, 3.63) is 52.5 Å². The van der Waals surface area contributed by atoms with Crippen LogP contribution >= 0.6 is 11.6 Å². The SMILES string of the molecule is COc1cc(NC(C)=O)c(Cl)cc1C(=O)Nc1ccc(C(N)=O)cc1. The van der Waals surface area contributed by atoms with Gasteiger partial charge in [0.1, 0.15) is 5.75 Å². The molecular formula is C17H16ClN3O4. The smallest absolute Gasteiger partial charge is 0.259 e. The molecule has 0 atom stereocenters. The zero-order chi connectivity index (χ0) is 18.6. The summed E-state index contributed by atoms with van der Waals surface area (Å²) in [6, 6.07) is 8.98. The van der Waals surface area contributed by atoms with Crippen LogP contribution in [0.5, 0.6) is 5.75 Å². The average molecular weight is 362 g/mol. The minimum atomic E-state index is -0.556. The van der Waals surface area contributed by atoms with Crippen LogP contribution in [-0.4, -0.2) is 24.8 Å². The van der Waals surface area contributed by atoms with E-state index in [1.54, 1.807) is 12.1 Å². The van der Waals surface area contributed by atoms with Crippen molar-refractivity contribution in [3.63, 3.8) is 0 Å². The molecule has 130 valence electrons. The molecule has 0 aliphatic carbocycles. The van der Waals surface area contributed by atoms with Crippen molar-refractivity contribution in [1.82, 2.24) is 0 Å². The summed E-state index contributed by atoms with van der Waals surface area (Å²) in [5.74, 6) is -1.06. The molecule has 0 radical (unpaired) electrons. The lowest BCUT2D eigenvalue weighted by Gasteiger charge is -2.13. The highest BCUT2D eigenvalue weighted by atomic mass is 35.5. The van der Waals surface area contributed by atoms with E-state index in [2.05, 4.69) is 10.6 Å². The number of ether oxygens (including phenoxy) is 1. The second-order valence-corrected chi connectivity index (χ2v) is 5.52. The highest BCUT2D eigenvalue weighted by Crippen LogP contribution is 2.31. The Morgan fingerprint density at radius 2 is 1.72 bits per heavy atom. The molecule has 0 aliphatic rings. The lowest BCUT2D eigenvalue weighted by atomic mass is 10.1. The summed E-state index contributed by atoms with van der Waals surface area (Å²) in [4.78, 5) is 34.7. The van der Waals surface area contributed by atoms with Crippen molar-refractivity contribution in [1.29, 1.82) is 0 Å². The number of halogens is 1. The van der Waals surface area contributed by atoms with Crippen molar-refractivity contribution in [3.8, 4) is 5.75 Å². The Kier molecular flexibility index (Phi) is 5.61. The first-order valence-corrected chi connectivity index (χ1v) is 7.56. The van der Waals surface area contributed by atoms with Crippen LogP contribution in [0.1, 0.15) is 27.6 Å². The first-order valence-electron chi connectivity index (χ1n) is 7.18. The van der Waals surface area contributed by atoms with Gasteiger partial charge in [0, 0.05) is 24.2 Å². The Hall–Kier alpha value is -3.06. The summed E-state index contributed by atoms with van der Waals surface area (Å²) in [7, 11) is 1.40. The highest BCUT2D eigenvalue weighted by molar-refractivity contribution is 6.34. The summed E-state index contributed by atoms with van der Waals surface area (Å²) in [5, 5.41) is 5.42. The van der Waals surface area contributed by atoms with Gasteiger partial charge in [-0.25, -0.2) is 0 Å². The van der Waals surface area contributed by atoms with E-state index in [-0.39, 0.29) is 22.2 Å². The normalized spacial score (nSPS) is 10.0. The van der Waals surface area contributed by atoms with Crippen LogP contribution in [0.4, 0.5) is 11.4 Å². The molecule has 4 N–H and O–H groups in total. The number of nitrogens with one attached hydrogen (secondary N) is 2. The summed E-state index contributed by atoms with van der Waals surface area (Å²) >= 11 is 6.10. The maximum absolute atomic E-state index is 12.5. The number of carbonyl (C=O) groups is 3. The summed E-state index contributed by atoms with van der Waals surface area (Å²) in [6.45, 7) is 1.35. The van der Waals surface area contributed by atoms with Crippen molar-refractivity contribution >= 4 is 40.7 Å². The van der Waals surface area contributed by atoms with Crippen LogP contribution in [-0.2, 0) is 4.79 Å². The molecule has 8 heteroatoms. The number of hydrogen-bond donors (Lipinski definition) is 3. The van der Waals surface area contributed by atoms with Crippen molar-refractivity contribution in [2.24, 2.45) is 5.73 Å². The molecule has 0 bridgehead atoms. The van der Waals surface area contributed by atoms with Crippen molar-refractivity contribution < 1.29 is 19.1 Å². The predicted octanol–water partition coefficient (Wildman–Crippen LogP) is 2.66. The topological polar surface area (TPSA) is 111 Å². The Balaban J connectivity index is 2.27. The molecule has 0 aromatic heterocycles. The summed E-state index contributed by atoms with van der Waals surface area (Å²) in [5.41, 5.74) is 6.51. The fourth-order valence-electron chi connectivity index (χ4n) is 2.10. The minimum absolute atomic E-state index is 0.195.